The highest BCUT2D eigenvalue weighted by atomic mass is 35.5. The summed E-state index contributed by atoms with van der Waals surface area (Å²) in [4.78, 5) is 61.3. The summed E-state index contributed by atoms with van der Waals surface area (Å²) >= 11 is 7.89. The van der Waals surface area contributed by atoms with E-state index in [4.69, 9.17) is 21.4 Å². The zero-order valence-electron chi connectivity index (χ0n) is 30.6. The van der Waals surface area contributed by atoms with Gasteiger partial charge in [-0.3, -0.25) is 28.8 Å². The molecule has 3 fully saturated rings. The molecule has 4 amide bonds. The molecular formula is C41H41ClN4O6S. The van der Waals surface area contributed by atoms with Crippen LogP contribution >= 0.6 is 22.9 Å². The Balaban J connectivity index is 1.23. The van der Waals surface area contributed by atoms with Crippen LogP contribution in [0, 0.1) is 41.9 Å². The van der Waals surface area contributed by atoms with Crippen molar-refractivity contribution in [2.24, 2.45) is 42.1 Å². The van der Waals surface area contributed by atoms with Crippen LogP contribution in [-0.2, 0) is 26.2 Å². The van der Waals surface area contributed by atoms with Crippen LogP contribution in [0.5, 0.6) is 11.5 Å². The summed E-state index contributed by atoms with van der Waals surface area (Å²) in [6.07, 6.45) is 6.49. The average molecular weight is 753 g/mol. The number of imide groups is 2. The van der Waals surface area contributed by atoms with Crippen LogP contribution in [0.25, 0.3) is 26.7 Å². The molecule has 1 saturated carbocycles. The van der Waals surface area contributed by atoms with E-state index in [1.165, 1.54) is 16.9 Å². The molecule has 0 bridgehead atoms. The molecule has 4 aliphatic rings. The van der Waals surface area contributed by atoms with Gasteiger partial charge in [-0.2, -0.15) is 5.10 Å². The minimum Gasteiger partial charge on any atom is -0.504 e. The lowest BCUT2D eigenvalue weighted by Gasteiger charge is -2.48. The van der Waals surface area contributed by atoms with Gasteiger partial charge in [-0.25, -0.2) is 4.90 Å². The molecular weight excluding hydrogens is 712 g/mol. The minimum atomic E-state index is -1.20. The summed E-state index contributed by atoms with van der Waals surface area (Å²) in [5.41, 5.74) is 1.39. The van der Waals surface area contributed by atoms with Gasteiger partial charge in [0.25, 0.3) is 0 Å². The molecule has 10 nitrogen and oxygen atoms in total. The highest BCUT2D eigenvalue weighted by Crippen LogP contribution is 2.61. The van der Waals surface area contributed by atoms with Crippen molar-refractivity contribution in [2.45, 2.75) is 53.0 Å². The molecule has 6 unspecified atom stereocenters. The number of fused-ring (bicyclic) bond motifs is 5. The number of hydrogen-bond acceptors (Lipinski definition) is 8. The van der Waals surface area contributed by atoms with Gasteiger partial charge in [-0.1, -0.05) is 41.5 Å². The fourth-order valence-electron chi connectivity index (χ4n) is 9.32. The fourth-order valence-corrected chi connectivity index (χ4v) is 10.6. The predicted octanol–water partition coefficient (Wildman–Crippen LogP) is 7.55. The number of aromatic nitrogens is 2. The Labute approximate surface area is 316 Å². The summed E-state index contributed by atoms with van der Waals surface area (Å²) < 4.78 is 7.98. The number of aryl methyl sites for hydroxylation is 2. The maximum Gasteiger partial charge on any atom is 0.242 e. The molecule has 4 aromatic rings. The van der Waals surface area contributed by atoms with Gasteiger partial charge in [0.1, 0.15) is 11.5 Å². The lowest BCUT2D eigenvalue weighted by molar-refractivity contribution is -0.145. The molecule has 4 heterocycles. The Bertz CT molecular complexity index is 2330. The maximum atomic E-state index is 15.0. The van der Waals surface area contributed by atoms with Crippen molar-refractivity contribution in [1.82, 2.24) is 14.7 Å². The maximum absolute atomic E-state index is 15.0. The van der Waals surface area contributed by atoms with Crippen molar-refractivity contribution >= 4 is 68.5 Å². The van der Waals surface area contributed by atoms with E-state index < -0.39 is 40.5 Å². The lowest BCUT2D eigenvalue weighted by atomic mass is 9.52. The third-order valence-electron chi connectivity index (χ3n) is 11.9. The number of hydrogen-bond donors (Lipinski definition) is 1. The van der Waals surface area contributed by atoms with E-state index in [1.807, 2.05) is 71.0 Å². The Hall–Kier alpha value is -4.74. The smallest absolute Gasteiger partial charge is 0.242 e. The standard InChI is InChI=1S/C41H41ClN4O6S/c1-20-25-17-22(42)10-15-32(25)53-35(20)29-19-33(44(6)43-29)45-37(49)28-18-26-23(11-12-24-34(26)38(50)46(36(24)48)40(2,3)4)27(41(28,5)39(45)51)13-8-21-9-14-30(47)31(16-21)52-7/h8-11,13-17,19,24,26-28,34,47H,12,18H2,1-7H3. The molecule has 274 valence electrons. The summed E-state index contributed by atoms with van der Waals surface area (Å²) in [6, 6.07) is 12.5. The average Bonchev–Trinajstić information content (AvgIpc) is 3.78. The summed E-state index contributed by atoms with van der Waals surface area (Å²) in [7, 11) is 3.21. The summed E-state index contributed by atoms with van der Waals surface area (Å²) in [5.74, 6) is -3.31. The third-order valence-corrected chi connectivity index (χ3v) is 13.4. The minimum absolute atomic E-state index is 0.000599. The lowest BCUT2D eigenvalue weighted by Crippen LogP contribution is -2.50. The zero-order valence-corrected chi connectivity index (χ0v) is 32.2. The van der Waals surface area contributed by atoms with E-state index in [2.05, 4.69) is 0 Å². The highest BCUT2D eigenvalue weighted by molar-refractivity contribution is 7.22. The number of nitrogens with zero attached hydrogens (tertiary/aromatic N) is 4. The third kappa shape index (κ3) is 5.14. The number of ether oxygens (including phenoxy) is 1. The van der Waals surface area contributed by atoms with Gasteiger partial charge in [0.2, 0.25) is 23.6 Å². The number of phenols is 1. The molecule has 1 N–H and O–H groups in total. The largest absolute Gasteiger partial charge is 0.504 e. The molecule has 12 heteroatoms. The number of benzene rings is 2. The number of methoxy groups -OCH3 is 1. The highest BCUT2D eigenvalue weighted by Gasteiger charge is 2.67. The number of halogens is 1. The van der Waals surface area contributed by atoms with Crippen LogP contribution in [0.3, 0.4) is 0 Å². The van der Waals surface area contributed by atoms with Crippen LogP contribution in [-0.4, -0.2) is 56.1 Å². The Morgan fingerprint density at radius 3 is 2.51 bits per heavy atom. The number of amides is 4. The molecule has 2 aromatic heterocycles. The topological polar surface area (TPSA) is 122 Å². The second-order valence-corrected chi connectivity index (χ2v) is 17.4. The van der Waals surface area contributed by atoms with Crippen molar-refractivity contribution in [3.63, 3.8) is 0 Å². The first-order valence-electron chi connectivity index (χ1n) is 17.8. The number of rotatable bonds is 5. The predicted molar refractivity (Wildman–Crippen MR) is 204 cm³/mol. The van der Waals surface area contributed by atoms with Crippen molar-refractivity contribution in [3.8, 4) is 22.1 Å². The van der Waals surface area contributed by atoms with Crippen molar-refractivity contribution in [2.75, 3.05) is 12.0 Å². The van der Waals surface area contributed by atoms with Crippen molar-refractivity contribution in [1.29, 1.82) is 0 Å². The van der Waals surface area contributed by atoms with Gasteiger partial charge in [0.05, 0.1) is 35.2 Å². The number of thiophene rings is 1. The van der Waals surface area contributed by atoms with Gasteiger partial charge in [-0.15, -0.1) is 11.3 Å². The quantitative estimate of drug-likeness (QED) is 0.165. The zero-order chi connectivity index (χ0) is 37.9. The number of aromatic hydroxyl groups is 1. The normalized spacial score (nSPS) is 27.2. The molecule has 6 atom stereocenters. The van der Waals surface area contributed by atoms with Gasteiger partial charge < -0.3 is 9.84 Å². The summed E-state index contributed by atoms with van der Waals surface area (Å²) in [5, 5.41) is 16.7. The van der Waals surface area contributed by atoms with Crippen LogP contribution in [0.15, 0.2) is 60.2 Å². The number of phenolic OH excluding ortho intramolecular Hbond substituents is 1. The van der Waals surface area contributed by atoms with E-state index in [9.17, 15) is 24.3 Å². The number of carbonyl (C=O) groups excluding carboxylic acids is 4. The fraction of sp³-hybridized carbons (Fsp3) is 0.390. The molecule has 2 aliphatic heterocycles. The van der Waals surface area contributed by atoms with E-state index in [0.717, 1.165) is 31.7 Å². The van der Waals surface area contributed by atoms with Crippen LogP contribution in [0.1, 0.15) is 51.7 Å². The molecule has 2 aliphatic carbocycles. The number of anilines is 1. The molecule has 53 heavy (non-hydrogen) atoms. The van der Waals surface area contributed by atoms with E-state index in [0.29, 0.717) is 28.7 Å². The second kappa shape index (κ2) is 12.1. The first kappa shape index (κ1) is 35.3. The van der Waals surface area contributed by atoms with E-state index in [1.54, 1.807) is 47.3 Å². The second-order valence-electron chi connectivity index (χ2n) is 15.9. The van der Waals surface area contributed by atoms with Gasteiger partial charge in [0.15, 0.2) is 11.5 Å². The van der Waals surface area contributed by atoms with E-state index in [-0.39, 0.29) is 35.8 Å². The summed E-state index contributed by atoms with van der Waals surface area (Å²) in [6.45, 7) is 9.45. The Kier molecular flexibility index (Phi) is 8.09. The Morgan fingerprint density at radius 1 is 1.04 bits per heavy atom. The Morgan fingerprint density at radius 2 is 1.79 bits per heavy atom. The van der Waals surface area contributed by atoms with Crippen LogP contribution < -0.4 is 9.64 Å². The first-order valence-corrected chi connectivity index (χ1v) is 19.0. The van der Waals surface area contributed by atoms with E-state index >= 15 is 0 Å². The number of carbonyl (C=O) groups is 4. The number of likely N-dealkylation sites (tertiary alicyclic amines) is 1. The molecule has 2 saturated heterocycles. The van der Waals surface area contributed by atoms with Gasteiger partial charge in [-0.05, 0) is 100 Å². The van der Waals surface area contributed by atoms with Crippen LogP contribution in [0.4, 0.5) is 5.82 Å². The van der Waals surface area contributed by atoms with Gasteiger partial charge >= 0.3 is 0 Å². The molecule has 0 radical (unpaired) electrons. The van der Waals surface area contributed by atoms with Crippen LogP contribution in [0.2, 0.25) is 5.02 Å². The van der Waals surface area contributed by atoms with Gasteiger partial charge in [0, 0.05) is 34.3 Å². The van der Waals surface area contributed by atoms with Crippen molar-refractivity contribution in [3.05, 3.63) is 76.3 Å². The van der Waals surface area contributed by atoms with Crippen molar-refractivity contribution < 1.29 is 29.0 Å². The number of allylic oxidation sites excluding steroid dienone is 3. The monoisotopic (exact) mass is 752 g/mol. The molecule has 8 rings (SSSR count). The first-order chi connectivity index (χ1) is 25.1. The molecule has 0 spiro atoms. The SMILES string of the molecule is COc1cc(C=CC2C3=CCC4C(=O)N(C(C)(C)C)C(=O)C4C3CC3C(=O)N(c4cc(-c5sc6ccc(Cl)cc6c5C)nn4C)C(=O)C23C)ccc1O. The molecule has 2 aromatic carbocycles.